The van der Waals surface area contributed by atoms with Gasteiger partial charge in [0.05, 0.1) is 24.1 Å². The quantitative estimate of drug-likeness (QED) is 0.279. The predicted molar refractivity (Wildman–Crippen MR) is 93.3 cm³/mol. The van der Waals surface area contributed by atoms with Crippen molar-refractivity contribution in [3.05, 3.63) is 39.8 Å². The largest absolute Gasteiger partial charge is 0.507 e. The molecule has 7 nitrogen and oxygen atoms in total. The van der Waals surface area contributed by atoms with Crippen LogP contribution in [0.3, 0.4) is 0 Å². The Kier molecular flexibility index (Phi) is 5.99. The molecule has 1 heterocycles. The van der Waals surface area contributed by atoms with E-state index in [2.05, 4.69) is 20.3 Å². The molecule has 1 aromatic rings. The van der Waals surface area contributed by atoms with Gasteiger partial charge in [0.25, 0.3) is 5.91 Å². The minimum atomic E-state index is -0.629. The average Bonchev–Trinajstić information content (AvgIpc) is 2.89. The number of amides is 1. The van der Waals surface area contributed by atoms with Gasteiger partial charge in [0.1, 0.15) is 5.75 Å². The van der Waals surface area contributed by atoms with Gasteiger partial charge in [-0.3, -0.25) is 10.1 Å². The Balaban J connectivity index is 2.16. The number of aryl methyl sites for hydroxylation is 1. The number of alkyl halides is 1. The van der Waals surface area contributed by atoms with E-state index in [9.17, 15) is 14.7 Å². The number of phenolic OH excluding ortho intramolecular Hbond substituents is 1. The number of methoxy groups -OCH3 is 1. The molecule has 2 N–H and O–H groups in total. The van der Waals surface area contributed by atoms with Crippen molar-refractivity contribution in [2.75, 3.05) is 7.11 Å². The molecule has 1 aliphatic heterocycles. The Morgan fingerprint density at radius 1 is 1.50 bits per heavy atom. The highest BCUT2D eigenvalue weighted by atomic mass is 35.5. The Morgan fingerprint density at radius 3 is 2.92 bits per heavy atom. The summed E-state index contributed by atoms with van der Waals surface area (Å²) in [5, 5.41) is 20.5. The summed E-state index contributed by atoms with van der Waals surface area (Å²) in [7, 11) is 1.22. The molecule has 1 saturated heterocycles. The highest BCUT2D eigenvalue weighted by molar-refractivity contribution is 8.18. The Morgan fingerprint density at radius 2 is 2.25 bits per heavy atom. The Bertz CT molecular complexity index is 774. The molecule has 9 heteroatoms. The van der Waals surface area contributed by atoms with Crippen molar-refractivity contribution in [1.29, 1.82) is 0 Å². The molecule has 1 aromatic carbocycles. The number of esters is 1. The summed E-state index contributed by atoms with van der Waals surface area (Å²) < 4.78 is 4.46. The number of carbonyl (C=O) groups is 2. The third kappa shape index (κ3) is 4.36. The number of ether oxygens (including phenoxy) is 1. The Labute approximate surface area is 147 Å². The first kappa shape index (κ1) is 18.0. The third-order valence-electron chi connectivity index (χ3n) is 2.95. The average molecular weight is 368 g/mol. The van der Waals surface area contributed by atoms with Crippen LogP contribution in [0, 0.1) is 6.92 Å². The second-order valence-electron chi connectivity index (χ2n) is 4.73. The summed E-state index contributed by atoms with van der Waals surface area (Å²) in [6.07, 6.45) is 2.44. The molecule has 2 rings (SSSR count). The van der Waals surface area contributed by atoms with Crippen molar-refractivity contribution in [2.45, 2.75) is 12.8 Å². The number of aromatic hydroxyl groups is 1. The topological polar surface area (TPSA) is 100 Å². The van der Waals surface area contributed by atoms with Gasteiger partial charge < -0.3 is 9.84 Å². The molecule has 0 bridgehead atoms. The second kappa shape index (κ2) is 7.98. The van der Waals surface area contributed by atoms with Gasteiger partial charge >= 0.3 is 5.97 Å². The van der Waals surface area contributed by atoms with E-state index in [-0.39, 0.29) is 21.7 Å². The lowest BCUT2D eigenvalue weighted by Gasteiger charge is -2.05. The number of nitrogens with zero attached hydrogens (tertiary/aromatic N) is 2. The predicted octanol–water partition coefficient (Wildman–Crippen LogP) is 2.05. The fourth-order valence-corrected chi connectivity index (χ4v) is 2.81. The van der Waals surface area contributed by atoms with Gasteiger partial charge in [-0.25, -0.2) is 4.79 Å². The first-order chi connectivity index (χ1) is 11.4. The van der Waals surface area contributed by atoms with E-state index >= 15 is 0 Å². The molecule has 0 saturated carbocycles. The van der Waals surface area contributed by atoms with Gasteiger partial charge in [-0.05, 0) is 30.3 Å². The van der Waals surface area contributed by atoms with Gasteiger partial charge in [-0.1, -0.05) is 6.07 Å². The smallest absolute Gasteiger partial charge is 0.331 e. The van der Waals surface area contributed by atoms with Crippen LogP contribution in [0.2, 0.25) is 0 Å². The summed E-state index contributed by atoms with van der Waals surface area (Å²) in [5.74, 6) is -0.872. The van der Waals surface area contributed by atoms with Crippen molar-refractivity contribution in [3.63, 3.8) is 0 Å². The number of carbonyl (C=O) groups excluding carboxylic acids is 2. The summed E-state index contributed by atoms with van der Waals surface area (Å²) in [6, 6.07) is 3.51. The monoisotopic (exact) mass is 367 g/mol. The van der Waals surface area contributed by atoms with E-state index in [0.29, 0.717) is 11.1 Å². The van der Waals surface area contributed by atoms with E-state index in [0.717, 1.165) is 23.4 Å². The number of benzene rings is 1. The maximum Gasteiger partial charge on any atom is 0.331 e. The molecular weight excluding hydrogens is 354 g/mol. The lowest BCUT2D eigenvalue weighted by molar-refractivity contribution is -0.135. The maximum atomic E-state index is 11.7. The van der Waals surface area contributed by atoms with Crippen LogP contribution in [0.1, 0.15) is 16.7 Å². The van der Waals surface area contributed by atoms with Crippen LogP contribution >= 0.6 is 23.4 Å². The van der Waals surface area contributed by atoms with Crippen molar-refractivity contribution >= 4 is 46.6 Å². The summed E-state index contributed by atoms with van der Waals surface area (Å²) in [6.45, 7) is 1.87. The van der Waals surface area contributed by atoms with Crippen molar-refractivity contribution in [1.82, 2.24) is 5.32 Å². The van der Waals surface area contributed by atoms with E-state index < -0.39 is 11.9 Å². The normalized spacial score (nSPS) is 17.7. The van der Waals surface area contributed by atoms with Crippen molar-refractivity contribution in [3.8, 4) is 5.75 Å². The molecule has 0 spiro atoms. The molecule has 0 radical (unpaired) electrons. The summed E-state index contributed by atoms with van der Waals surface area (Å²) in [5.41, 5.74) is 1.98. The molecule has 0 atom stereocenters. The zero-order chi connectivity index (χ0) is 17.7. The molecule has 1 amide bonds. The lowest BCUT2D eigenvalue weighted by Crippen LogP contribution is -2.19. The van der Waals surface area contributed by atoms with E-state index in [1.165, 1.54) is 13.3 Å². The number of hydrogen-bond donors (Lipinski definition) is 2. The van der Waals surface area contributed by atoms with Gasteiger partial charge in [0.2, 0.25) is 0 Å². The first-order valence-electron chi connectivity index (χ1n) is 6.73. The summed E-state index contributed by atoms with van der Waals surface area (Å²) in [4.78, 5) is 23.0. The lowest BCUT2D eigenvalue weighted by atomic mass is 10.1. The SMILES string of the molecule is COC(=O)/C=C1/S/C(=N\N=Cc2cc(C)cc(CCl)c2O)NC1=O. The minimum Gasteiger partial charge on any atom is -0.507 e. The molecule has 0 aromatic heterocycles. The van der Waals surface area contributed by atoms with E-state index in [1.54, 1.807) is 12.1 Å². The van der Waals surface area contributed by atoms with Crippen molar-refractivity contribution < 1.29 is 19.4 Å². The summed E-state index contributed by atoms with van der Waals surface area (Å²) >= 11 is 6.74. The second-order valence-corrected chi connectivity index (χ2v) is 6.03. The fraction of sp³-hybridized carbons (Fsp3) is 0.200. The fourth-order valence-electron chi connectivity index (χ4n) is 1.87. The molecule has 0 aliphatic carbocycles. The number of thioether (sulfide) groups is 1. The van der Waals surface area contributed by atoms with Gasteiger partial charge in [-0.2, -0.15) is 5.10 Å². The van der Waals surface area contributed by atoms with Gasteiger partial charge in [-0.15, -0.1) is 16.7 Å². The van der Waals surface area contributed by atoms with Gasteiger partial charge in [0, 0.05) is 17.2 Å². The van der Waals surface area contributed by atoms with Crippen LogP contribution in [0.15, 0.2) is 33.3 Å². The molecular formula is C15H14ClN3O4S. The van der Waals surface area contributed by atoms with E-state index in [1.807, 2.05) is 6.92 Å². The first-order valence-corrected chi connectivity index (χ1v) is 8.08. The Hall–Kier alpha value is -2.32. The highest BCUT2D eigenvalue weighted by Crippen LogP contribution is 2.25. The number of hydrogen-bond acceptors (Lipinski definition) is 7. The minimum absolute atomic E-state index is 0.0361. The number of phenols is 1. The number of nitrogens with one attached hydrogen (secondary N) is 1. The molecule has 1 fully saturated rings. The number of amidine groups is 1. The highest BCUT2D eigenvalue weighted by Gasteiger charge is 2.25. The van der Waals surface area contributed by atoms with Gasteiger partial charge in [0.15, 0.2) is 5.17 Å². The van der Waals surface area contributed by atoms with Crippen LogP contribution < -0.4 is 5.32 Å². The molecule has 126 valence electrons. The maximum absolute atomic E-state index is 11.7. The molecule has 1 aliphatic rings. The van der Waals surface area contributed by atoms with Crippen LogP contribution in [0.25, 0.3) is 0 Å². The molecule has 24 heavy (non-hydrogen) atoms. The van der Waals surface area contributed by atoms with Crippen LogP contribution in [0.4, 0.5) is 0 Å². The standard InChI is InChI=1S/C15H14ClN3O4S/c1-8-3-9(6-16)13(21)10(4-8)7-17-19-15-18-14(22)11(24-15)5-12(20)23-2/h3-5,7,21H,6H2,1-2H3,(H,18,19,22)/b11-5+,17-7?. The number of rotatable bonds is 4. The van der Waals surface area contributed by atoms with Crippen LogP contribution in [0.5, 0.6) is 5.75 Å². The van der Waals surface area contributed by atoms with E-state index in [4.69, 9.17) is 11.6 Å². The van der Waals surface area contributed by atoms with Crippen LogP contribution in [-0.4, -0.2) is 35.5 Å². The third-order valence-corrected chi connectivity index (χ3v) is 4.14. The number of halogens is 1. The zero-order valence-corrected chi connectivity index (χ0v) is 14.4. The molecule has 0 unspecified atom stereocenters. The zero-order valence-electron chi connectivity index (χ0n) is 12.9. The van der Waals surface area contributed by atoms with Crippen LogP contribution in [-0.2, 0) is 20.2 Å². The van der Waals surface area contributed by atoms with Crippen molar-refractivity contribution in [2.24, 2.45) is 10.2 Å².